The fourth-order valence-corrected chi connectivity index (χ4v) is 3.42. The molecular formula is C19H22N6O2. The number of nitrogens with one attached hydrogen (secondary N) is 1. The minimum Gasteiger partial charge on any atom is -0.369 e. The molecule has 1 unspecified atom stereocenters. The number of nitrogen functional groups attached to an aromatic ring is 1. The van der Waals surface area contributed by atoms with Crippen LogP contribution in [0.5, 0.6) is 0 Å². The van der Waals surface area contributed by atoms with Gasteiger partial charge in [0.1, 0.15) is 0 Å². The van der Waals surface area contributed by atoms with Crippen LogP contribution >= 0.6 is 0 Å². The number of amides is 1. The summed E-state index contributed by atoms with van der Waals surface area (Å²) in [5.74, 6) is 0.0804. The Morgan fingerprint density at radius 3 is 2.93 bits per heavy atom. The summed E-state index contributed by atoms with van der Waals surface area (Å²) in [6, 6.07) is 8.82. The number of anilines is 1. The number of aromatic amines is 1. The van der Waals surface area contributed by atoms with Crippen LogP contribution in [0, 0.1) is 18.3 Å². The van der Waals surface area contributed by atoms with Gasteiger partial charge in [-0.05, 0) is 44.2 Å². The first-order valence-corrected chi connectivity index (χ1v) is 8.73. The predicted octanol–water partition coefficient (Wildman–Crippen LogP) is 0.879. The SMILES string of the molecule is Cc1cc(C#N)ccc1C(=O)N1CCC(N(C)Cc2cc(=O)[nH]c(N)n2)C1. The zero-order valence-corrected chi connectivity index (χ0v) is 15.4. The van der Waals surface area contributed by atoms with E-state index in [1.165, 1.54) is 6.07 Å². The number of carbonyl (C=O) groups is 1. The molecule has 0 radical (unpaired) electrons. The van der Waals surface area contributed by atoms with Crippen LogP contribution in [-0.2, 0) is 6.54 Å². The van der Waals surface area contributed by atoms with Gasteiger partial charge in [0.15, 0.2) is 0 Å². The maximum absolute atomic E-state index is 12.8. The van der Waals surface area contributed by atoms with Gasteiger partial charge in [-0.2, -0.15) is 5.26 Å². The van der Waals surface area contributed by atoms with Gasteiger partial charge in [-0.1, -0.05) is 0 Å². The molecule has 1 aliphatic heterocycles. The second kappa shape index (κ2) is 7.60. The number of nitriles is 1. The van der Waals surface area contributed by atoms with Gasteiger partial charge in [-0.25, -0.2) is 4.98 Å². The smallest absolute Gasteiger partial charge is 0.254 e. The number of hydrogen-bond acceptors (Lipinski definition) is 6. The summed E-state index contributed by atoms with van der Waals surface area (Å²) in [4.78, 5) is 34.8. The Labute approximate surface area is 157 Å². The zero-order chi connectivity index (χ0) is 19.6. The lowest BCUT2D eigenvalue weighted by Gasteiger charge is -2.24. The van der Waals surface area contributed by atoms with Crippen LogP contribution in [0.2, 0.25) is 0 Å². The maximum atomic E-state index is 12.8. The molecule has 140 valence electrons. The molecule has 1 aromatic heterocycles. The molecule has 8 heteroatoms. The van der Waals surface area contributed by atoms with E-state index in [2.05, 4.69) is 20.9 Å². The van der Waals surface area contributed by atoms with Crippen molar-refractivity contribution in [2.24, 2.45) is 0 Å². The van der Waals surface area contributed by atoms with Crippen LogP contribution in [0.3, 0.4) is 0 Å². The third-order valence-corrected chi connectivity index (χ3v) is 4.88. The second-order valence-corrected chi connectivity index (χ2v) is 6.87. The molecule has 3 rings (SSSR count). The van der Waals surface area contributed by atoms with Crippen LogP contribution in [-0.4, -0.2) is 51.9 Å². The Morgan fingerprint density at radius 2 is 2.26 bits per heavy atom. The lowest BCUT2D eigenvalue weighted by atomic mass is 10.0. The Balaban J connectivity index is 1.66. The van der Waals surface area contributed by atoms with Crippen LogP contribution in [0.1, 0.15) is 33.6 Å². The van der Waals surface area contributed by atoms with Gasteiger partial charge in [-0.15, -0.1) is 0 Å². The highest BCUT2D eigenvalue weighted by molar-refractivity contribution is 5.96. The van der Waals surface area contributed by atoms with Crippen molar-refractivity contribution < 1.29 is 4.79 Å². The summed E-state index contributed by atoms with van der Waals surface area (Å²) >= 11 is 0. The minimum atomic E-state index is -0.273. The Bertz CT molecular complexity index is 961. The largest absolute Gasteiger partial charge is 0.369 e. The second-order valence-electron chi connectivity index (χ2n) is 6.87. The van der Waals surface area contributed by atoms with E-state index in [-0.39, 0.29) is 23.5 Å². The van der Waals surface area contributed by atoms with Crippen molar-refractivity contribution in [2.45, 2.75) is 25.9 Å². The monoisotopic (exact) mass is 366 g/mol. The number of aromatic nitrogens is 2. The lowest BCUT2D eigenvalue weighted by molar-refractivity contribution is 0.0778. The first kappa shape index (κ1) is 18.6. The Morgan fingerprint density at radius 1 is 1.48 bits per heavy atom. The zero-order valence-electron chi connectivity index (χ0n) is 15.4. The van der Waals surface area contributed by atoms with Gasteiger partial charge in [0.25, 0.3) is 11.5 Å². The summed E-state index contributed by atoms with van der Waals surface area (Å²) in [6.07, 6.45) is 0.843. The fourth-order valence-electron chi connectivity index (χ4n) is 3.42. The molecule has 1 amide bonds. The predicted molar refractivity (Wildman–Crippen MR) is 101 cm³/mol. The molecule has 2 heterocycles. The van der Waals surface area contributed by atoms with Crippen LogP contribution < -0.4 is 11.3 Å². The Kier molecular flexibility index (Phi) is 5.23. The van der Waals surface area contributed by atoms with Crippen molar-refractivity contribution in [2.75, 3.05) is 25.9 Å². The van der Waals surface area contributed by atoms with E-state index in [1.807, 2.05) is 18.9 Å². The third kappa shape index (κ3) is 4.15. The number of H-pyrrole nitrogens is 1. The first-order valence-electron chi connectivity index (χ1n) is 8.73. The van der Waals surface area contributed by atoms with Crippen molar-refractivity contribution >= 4 is 11.9 Å². The molecule has 1 atom stereocenters. The van der Waals surface area contributed by atoms with E-state index < -0.39 is 0 Å². The molecule has 0 bridgehead atoms. The molecule has 1 saturated heterocycles. The number of likely N-dealkylation sites (N-methyl/N-ethyl adjacent to an activating group) is 1. The van der Waals surface area contributed by atoms with Crippen LogP contribution in [0.25, 0.3) is 0 Å². The summed E-state index contributed by atoms with van der Waals surface area (Å²) in [6.45, 7) is 3.60. The molecule has 1 fully saturated rings. The molecule has 27 heavy (non-hydrogen) atoms. The number of rotatable bonds is 4. The summed E-state index contributed by atoms with van der Waals surface area (Å²) < 4.78 is 0. The number of aryl methyl sites for hydroxylation is 1. The van der Waals surface area contributed by atoms with Gasteiger partial charge in [0.2, 0.25) is 5.95 Å². The quantitative estimate of drug-likeness (QED) is 0.829. The standard InChI is InChI=1S/C19H22N6O2/c1-12-7-13(9-20)3-4-16(12)18(27)25-6-5-15(11-25)24(2)10-14-8-17(26)23-19(21)22-14/h3-4,7-8,15H,5-6,10-11H2,1-2H3,(H3,21,22,23,26). The maximum Gasteiger partial charge on any atom is 0.254 e. The summed E-state index contributed by atoms with van der Waals surface area (Å²) in [7, 11) is 1.95. The molecular weight excluding hydrogens is 344 g/mol. The van der Waals surface area contributed by atoms with E-state index in [1.54, 1.807) is 18.2 Å². The molecule has 8 nitrogen and oxygen atoms in total. The fraction of sp³-hybridized carbons (Fsp3) is 0.368. The van der Waals surface area contributed by atoms with E-state index in [0.29, 0.717) is 36.5 Å². The van der Waals surface area contributed by atoms with Crippen molar-refractivity contribution in [1.82, 2.24) is 19.8 Å². The lowest BCUT2D eigenvalue weighted by Crippen LogP contribution is -2.36. The van der Waals surface area contributed by atoms with Gasteiger partial charge in [0, 0.05) is 37.3 Å². The van der Waals surface area contributed by atoms with Gasteiger partial charge >= 0.3 is 0 Å². The van der Waals surface area contributed by atoms with Crippen LogP contribution in [0.15, 0.2) is 29.1 Å². The average molecular weight is 366 g/mol. The number of benzene rings is 1. The van der Waals surface area contributed by atoms with Crippen molar-refractivity contribution in [3.8, 4) is 6.07 Å². The highest BCUT2D eigenvalue weighted by atomic mass is 16.2. The molecule has 2 aromatic rings. The van der Waals surface area contributed by atoms with E-state index in [0.717, 1.165) is 12.0 Å². The number of nitrogens with two attached hydrogens (primary N) is 1. The van der Waals surface area contributed by atoms with Crippen molar-refractivity contribution in [1.29, 1.82) is 5.26 Å². The van der Waals surface area contributed by atoms with E-state index in [9.17, 15) is 9.59 Å². The topological polar surface area (TPSA) is 119 Å². The highest BCUT2D eigenvalue weighted by Gasteiger charge is 2.30. The van der Waals surface area contributed by atoms with Crippen LogP contribution in [0.4, 0.5) is 5.95 Å². The average Bonchev–Trinajstić information content (AvgIpc) is 3.10. The summed E-state index contributed by atoms with van der Waals surface area (Å²) in [5, 5.41) is 8.97. The molecule has 1 aromatic carbocycles. The number of nitrogens with zero attached hydrogens (tertiary/aromatic N) is 4. The number of likely N-dealkylation sites (tertiary alicyclic amines) is 1. The normalized spacial score (nSPS) is 16.5. The molecule has 0 aliphatic carbocycles. The highest BCUT2D eigenvalue weighted by Crippen LogP contribution is 2.20. The number of hydrogen-bond donors (Lipinski definition) is 2. The van der Waals surface area contributed by atoms with Gasteiger partial charge in [-0.3, -0.25) is 19.5 Å². The van der Waals surface area contributed by atoms with Gasteiger partial charge in [0.05, 0.1) is 17.3 Å². The van der Waals surface area contributed by atoms with E-state index in [4.69, 9.17) is 11.0 Å². The number of carbonyl (C=O) groups excluding carboxylic acids is 1. The van der Waals surface area contributed by atoms with Crippen molar-refractivity contribution in [3.63, 3.8) is 0 Å². The van der Waals surface area contributed by atoms with Crippen molar-refractivity contribution in [3.05, 3.63) is 57.0 Å². The molecule has 1 aliphatic rings. The summed E-state index contributed by atoms with van der Waals surface area (Å²) in [5.41, 5.74) is 7.90. The molecule has 0 saturated carbocycles. The first-order chi connectivity index (χ1) is 12.9. The third-order valence-electron chi connectivity index (χ3n) is 4.88. The molecule has 0 spiro atoms. The van der Waals surface area contributed by atoms with Gasteiger partial charge < -0.3 is 10.6 Å². The van der Waals surface area contributed by atoms with E-state index >= 15 is 0 Å². The molecule has 3 N–H and O–H groups in total. The minimum absolute atomic E-state index is 0.0218. The Hall–Kier alpha value is -3.18.